The van der Waals surface area contributed by atoms with Crippen LogP contribution in [-0.2, 0) is 0 Å². The van der Waals surface area contributed by atoms with Gasteiger partial charge >= 0.3 is 12.7 Å². The van der Waals surface area contributed by atoms with Gasteiger partial charge in [0.25, 0.3) is 0 Å². The van der Waals surface area contributed by atoms with Gasteiger partial charge in [-0.1, -0.05) is 0 Å². The molecule has 1 N–H and O–H groups in total. The van der Waals surface area contributed by atoms with Gasteiger partial charge in [-0.3, -0.25) is 0 Å². The number of aliphatic hydroxyl groups is 1. The normalized spacial score (nSPS) is 17.5. The molecule has 9 heteroatoms. The largest absolute Gasteiger partial charge is 0.573 e. The maximum Gasteiger partial charge on any atom is 0.573 e. The van der Waals surface area contributed by atoms with E-state index in [0.29, 0.717) is 18.9 Å². The van der Waals surface area contributed by atoms with Crippen molar-refractivity contribution in [2.75, 3.05) is 0 Å². The second-order valence-electron chi connectivity index (χ2n) is 4.62. The van der Waals surface area contributed by atoms with Crippen LogP contribution in [0.4, 0.5) is 26.3 Å². The lowest BCUT2D eigenvalue weighted by atomic mass is 10.0. The summed E-state index contributed by atoms with van der Waals surface area (Å²) in [6.07, 6.45) is -9.96. The van der Waals surface area contributed by atoms with Gasteiger partial charge in [0.15, 0.2) is 0 Å². The minimum absolute atomic E-state index is 0.113. The zero-order valence-electron chi connectivity index (χ0n) is 10.3. The Hall–Kier alpha value is -1.64. The number of rotatable bonds is 4. The zero-order chi connectivity index (χ0) is 15.8. The van der Waals surface area contributed by atoms with Gasteiger partial charge in [0.1, 0.15) is 11.5 Å². The molecule has 1 unspecified atom stereocenters. The maximum absolute atomic E-state index is 12.2. The summed E-state index contributed by atoms with van der Waals surface area (Å²) in [7, 11) is 0. The van der Waals surface area contributed by atoms with Gasteiger partial charge in [0, 0.05) is 6.07 Å². The van der Waals surface area contributed by atoms with Crippen LogP contribution < -0.4 is 9.47 Å². The zero-order valence-corrected chi connectivity index (χ0v) is 10.3. The van der Waals surface area contributed by atoms with Gasteiger partial charge in [-0.05, 0) is 36.5 Å². The number of benzene rings is 1. The molecule has 1 saturated carbocycles. The molecule has 1 atom stereocenters. The summed E-state index contributed by atoms with van der Waals surface area (Å²) in [5, 5.41) is 9.83. The molecule has 1 fully saturated rings. The molecule has 21 heavy (non-hydrogen) atoms. The minimum Gasteiger partial charge on any atom is -0.406 e. The fourth-order valence-corrected chi connectivity index (χ4v) is 1.83. The molecule has 0 spiro atoms. The minimum atomic E-state index is -5.06. The highest BCUT2D eigenvalue weighted by atomic mass is 19.4. The van der Waals surface area contributed by atoms with Gasteiger partial charge in [0.05, 0.1) is 6.10 Å². The second-order valence-corrected chi connectivity index (χ2v) is 4.62. The van der Waals surface area contributed by atoms with E-state index in [1.165, 1.54) is 0 Å². The van der Waals surface area contributed by atoms with Gasteiger partial charge in [0.2, 0.25) is 0 Å². The van der Waals surface area contributed by atoms with E-state index in [-0.39, 0.29) is 11.5 Å². The Balaban J connectivity index is 2.30. The van der Waals surface area contributed by atoms with E-state index in [2.05, 4.69) is 9.47 Å². The Morgan fingerprint density at radius 1 is 0.905 bits per heavy atom. The van der Waals surface area contributed by atoms with E-state index in [0.717, 1.165) is 12.1 Å². The highest BCUT2D eigenvalue weighted by molar-refractivity contribution is 5.40. The van der Waals surface area contributed by atoms with Gasteiger partial charge < -0.3 is 14.6 Å². The molecular formula is C12H10F6O3. The monoisotopic (exact) mass is 316 g/mol. The maximum atomic E-state index is 12.2. The molecule has 118 valence electrons. The summed E-state index contributed by atoms with van der Waals surface area (Å²) in [5.74, 6) is -1.93. The van der Waals surface area contributed by atoms with Crippen LogP contribution in [0.25, 0.3) is 0 Å². The van der Waals surface area contributed by atoms with Crippen molar-refractivity contribution in [3.8, 4) is 11.5 Å². The van der Waals surface area contributed by atoms with Crippen molar-refractivity contribution < 1.29 is 40.9 Å². The first-order valence-corrected chi connectivity index (χ1v) is 5.88. The average Bonchev–Trinajstić information content (AvgIpc) is 3.06. The van der Waals surface area contributed by atoms with Crippen LogP contribution in [0.15, 0.2) is 18.2 Å². The first-order valence-electron chi connectivity index (χ1n) is 5.88. The van der Waals surface area contributed by atoms with Crippen molar-refractivity contribution in [3.05, 3.63) is 23.8 Å². The first kappa shape index (κ1) is 15.7. The molecule has 3 nitrogen and oxygen atoms in total. The molecule has 0 aromatic heterocycles. The molecule has 0 saturated heterocycles. The number of hydrogen-bond donors (Lipinski definition) is 1. The molecule has 1 aromatic rings. The van der Waals surface area contributed by atoms with E-state index in [1.807, 2.05) is 0 Å². The van der Waals surface area contributed by atoms with Crippen molar-refractivity contribution >= 4 is 0 Å². The summed E-state index contributed by atoms with van der Waals surface area (Å²) in [6, 6.07) is 2.16. The fourth-order valence-electron chi connectivity index (χ4n) is 1.83. The topological polar surface area (TPSA) is 38.7 Å². The van der Waals surface area contributed by atoms with Gasteiger partial charge in [-0.2, -0.15) is 0 Å². The van der Waals surface area contributed by atoms with Crippen molar-refractivity contribution in [3.63, 3.8) is 0 Å². The summed E-state index contributed by atoms with van der Waals surface area (Å²) in [5.41, 5.74) is -0.113. The van der Waals surface area contributed by atoms with E-state index >= 15 is 0 Å². The first-order chi connectivity index (χ1) is 9.53. The lowest BCUT2D eigenvalue weighted by molar-refractivity contribution is -0.276. The van der Waals surface area contributed by atoms with Crippen LogP contribution >= 0.6 is 0 Å². The number of halogens is 6. The van der Waals surface area contributed by atoms with Crippen LogP contribution in [0.2, 0.25) is 0 Å². The van der Waals surface area contributed by atoms with Gasteiger partial charge in [-0.25, -0.2) is 0 Å². The van der Waals surface area contributed by atoms with Crippen molar-refractivity contribution in [1.29, 1.82) is 0 Å². The lowest BCUT2D eigenvalue weighted by Crippen LogP contribution is -2.19. The molecule has 1 aliphatic rings. The molecule has 0 radical (unpaired) electrons. The quantitative estimate of drug-likeness (QED) is 0.856. The predicted molar refractivity (Wildman–Crippen MR) is 57.5 cm³/mol. The molecule has 0 heterocycles. The smallest absolute Gasteiger partial charge is 0.406 e. The summed E-state index contributed by atoms with van der Waals surface area (Å²) >= 11 is 0. The van der Waals surface area contributed by atoms with Gasteiger partial charge in [-0.15, -0.1) is 26.3 Å². The lowest BCUT2D eigenvalue weighted by Gasteiger charge is -2.16. The van der Waals surface area contributed by atoms with E-state index in [4.69, 9.17) is 0 Å². The van der Waals surface area contributed by atoms with E-state index < -0.39 is 30.3 Å². The number of hydrogen-bond acceptors (Lipinski definition) is 3. The number of ether oxygens (including phenoxy) is 2. The highest BCUT2D eigenvalue weighted by Crippen LogP contribution is 2.43. The van der Waals surface area contributed by atoms with Crippen LogP contribution in [0.5, 0.6) is 11.5 Å². The van der Waals surface area contributed by atoms with Crippen LogP contribution in [0, 0.1) is 5.92 Å². The standard InChI is InChI=1S/C12H10F6O3/c13-11(14,15)20-8-3-7(10(19)6-1-2-6)4-9(5-8)21-12(16,17)18/h3-6,10,19H,1-2H2. The third-order valence-electron chi connectivity index (χ3n) is 2.78. The van der Waals surface area contributed by atoms with Crippen molar-refractivity contribution in [2.45, 2.75) is 31.7 Å². The molecule has 2 rings (SSSR count). The second kappa shape index (κ2) is 5.28. The molecule has 0 bridgehead atoms. The summed E-state index contributed by atoms with van der Waals surface area (Å²) in [4.78, 5) is 0. The third kappa shape index (κ3) is 5.00. The predicted octanol–water partition coefficient (Wildman–Crippen LogP) is 3.93. The molecule has 0 aliphatic heterocycles. The third-order valence-corrected chi connectivity index (χ3v) is 2.78. The molecular weight excluding hydrogens is 306 g/mol. The van der Waals surface area contributed by atoms with Crippen molar-refractivity contribution in [1.82, 2.24) is 0 Å². The Morgan fingerprint density at radius 2 is 1.33 bits per heavy atom. The highest BCUT2D eigenvalue weighted by Gasteiger charge is 2.36. The van der Waals surface area contributed by atoms with E-state index in [1.54, 1.807) is 0 Å². The summed E-state index contributed by atoms with van der Waals surface area (Å²) < 4.78 is 80.2. The van der Waals surface area contributed by atoms with Crippen LogP contribution in [0.3, 0.4) is 0 Å². The number of aliphatic hydroxyl groups excluding tert-OH is 1. The van der Waals surface area contributed by atoms with Crippen molar-refractivity contribution in [2.24, 2.45) is 5.92 Å². The fraction of sp³-hybridized carbons (Fsp3) is 0.500. The Kier molecular flexibility index (Phi) is 3.96. The Bertz CT molecular complexity index is 472. The Labute approximate surface area is 115 Å². The SMILES string of the molecule is OC(c1cc(OC(F)(F)F)cc(OC(F)(F)F)c1)C1CC1. The Morgan fingerprint density at radius 3 is 1.67 bits per heavy atom. The molecule has 1 aliphatic carbocycles. The van der Waals surface area contributed by atoms with Crippen LogP contribution in [-0.4, -0.2) is 17.8 Å². The number of alkyl halides is 6. The molecule has 0 amide bonds. The van der Waals surface area contributed by atoms with E-state index in [9.17, 15) is 31.4 Å². The summed E-state index contributed by atoms with van der Waals surface area (Å²) in [6.45, 7) is 0. The average molecular weight is 316 g/mol. The van der Waals surface area contributed by atoms with Crippen LogP contribution in [0.1, 0.15) is 24.5 Å². The molecule has 1 aromatic carbocycles.